The molecule has 0 atom stereocenters. The van der Waals surface area contributed by atoms with Crippen molar-refractivity contribution in [2.75, 3.05) is 36.5 Å². The van der Waals surface area contributed by atoms with Crippen molar-refractivity contribution in [2.24, 2.45) is 5.92 Å². The Bertz CT molecular complexity index is 688. The highest BCUT2D eigenvalue weighted by Crippen LogP contribution is 2.18. The molecule has 1 saturated heterocycles. The topological polar surface area (TPSA) is 78.5 Å². The highest BCUT2D eigenvalue weighted by molar-refractivity contribution is 8.00. The first-order valence-corrected chi connectivity index (χ1v) is 11.6. The predicted octanol–water partition coefficient (Wildman–Crippen LogP) is 3.21. The van der Waals surface area contributed by atoms with Crippen molar-refractivity contribution in [1.29, 1.82) is 0 Å². The number of likely N-dealkylation sites (tertiary alicyclic amines) is 1. The normalized spacial score (nSPS) is 14.5. The monoisotopic (exact) mass is 419 g/mol. The largest absolute Gasteiger partial charge is 0.356 e. The Morgan fingerprint density at radius 3 is 2.59 bits per heavy atom. The SMILES string of the molecule is CCCCCNC(=O)C1CCN(C(=O)CSCC(=O)Nc2cccc(C)c2)CC1. The summed E-state index contributed by atoms with van der Waals surface area (Å²) < 4.78 is 0. The second kappa shape index (κ2) is 12.5. The van der Waals surface area contributed by atoms with Crippen LogP contribution in [0.2, 0.25) is 0 Å². The van der Waals surface area contributed by atoms with Crippen LogP contribution < -0.4 is 10.6 Å². The molecule has 3 amide bonds. The lowest BCUT2D eigenvalue weighted by Crippen LogP contribution is -2.43. The van der Waals surface area contributed by atoms with Gasteiger partial charge in [0.2, 0.25) is 17.7 Å². The van der Waals surface area contributed by atoms with E-state index in [4.69, 9.17) is 0 Å². The number of piperidine rings is 1. The van der Waals surface area contributed by atoms with Crippen LogP contribution in [0.25, 0.3) is 0 Å². The number of benzene rings is 1. The molecule has 0 radical (unpaired) electrons. The molecule has 0 spiro atoms. The summed E-state index contributed by atoms with van der Waals surface area (Å²) in [5.74, 6) is 0.599. The highest BCUT2D eigenvalue weighted by atomic mass is 32.2. The maximum absolute atomic E-state index is 12.4. The Hall–Kier alpha value is -2.02. The lowest BCUT2D eigenvalue weighted by Gasteiger charge is -2.31. The average Bonchev–Trinajstić information content (AvgIpc) is 2.71. The number of carbonyl (C=O) groups is 3. The fourth-order valence-corrected chi connectivity index (χ4v) is 4.08. The standard InChI is InChI=1S/C22H33N3O3S/c1-3-4-5-11-23-22(28)18-9-12-25(13-10-18)21(27)16-29-15-20(26)24-19-8-6-7-17(2)14-19/h6-8,14,18H,3-5,9-13,15-16H2,1-2H3,(H,23,28)(H,24,26). The Morgan fingerprint density at radius 2 is 1.90 bits per heavy atom. The van der Waals surface area contributed by atoms with Crippen LogP contribution >= 0.6 is 11.8 Å². The maximum atomic E-state index is 12.4. The lowest BCUT2D eigenvalue weighted by atomic mass is 9.96. The summed E-state index contributed by atoms with van der Waals surface area (Å²) in [6, 6.07) is 7.64. The third-order valence-corrected chi connectivity index (χ3v) is 5.98. The van der Waals surface area contributed by atoms with Gasteiger partial charge in [0, 0.05) is 31.2 Å². The number of hydrogen-bond acceptors (Lipinski definition) is 4. The van der Waals surface area contributed by atoms with Crippen LogP contribution in [0.15, 0.2) is 24.3 Å². The van der Waals surface area contributed by atoms with Gasteiger partial charge in [-0.15, -0.1) is 11.8 Å². The molecule has 0 saturated carbocycles. The van der Waals surface area contributed by atoms with Crippen molar-refractivity contribution >= 4 is 35.2 Å². The summed E-state index contributed by atoms with van der Waals surface area (Å²) in [7, 11) is 0. The summed E-state index contributed by atoms with van der Waals surface area (Å²) in [6.07, 6.45) is 4.72. The average molecular weight is 420 g/mol. The summed E-state index contributed by atoms with van der Waals surface area (Å²) in [6.45, 7) is 6.09. The molecule has 7 heteroatoms. The van der Waals surface area contributed by atoms with Crippen molar-refractivity contribution in [1.82, 2.24) is 10.2 Å². The first kappa shape index (κ1) is 23.3. The zero-order valence-electron chi connectivity index (χ0n) is 17.5. The van der Waals surface area contributed by atoms with Crippen molar-refractivity contribution in [3.05, 3.63) is 29.8 Å². The number of thioether (sulfide) groups is 1. The summed E-state index contributed by atoms with van der Waals surface area (Å²) in [5.41, 5.74) is 1.86. The van der Waals surface area contributed by atoms with Gasteiger partial charge >= 0.3 is 0 Å². The minimum Gasteiger partial charge on any atom is -0.356 e. The van der Waals surface area contributed by atoms with Gasteiger partial charge in [0.05, 0.1) is 11.5 Å². The zero-order valence-corrected chi connectivity index (χ0v) is 18.4. The van der Waals surface area contributed by atoms with Crippen LogP contribution in [-0.4, -0.2) is 53.8 Å². The minimum absolute atomic E-state index is 0.00781. The minimum atomic E-state index is -0.105. The van der Waals surface area contributed by atoms with Gasteiger partial charge in [0.15, 0.2) is 0 Å². The van der Waals surface area contributed by atoms with Crippen LogP contribution in [0.5, 0.6) is 0 Å². The molecule has 0 aromatic heterocycles. The second-order valence-electron chi connectivity index (χ2n) is 7.56. The first-order chi connectivity index (χ1) is 14.0. The number of rotatable bonds is 10. The molecule has 2 N–H and O–H groups in total. The van der Waals surface area contributed by atoms with E-state index in [1.54, 1.807) is 0 Å². The molecule has 0 unspecified atom stereocenters. The molecule has 29 heavy (non-hydrogen) atoms. The van der Waals surface area contributed by atoms with Gasteiger partial charge in [-0.3, -0.25) is 14.4 Å². The molecule has 1 fully saturated rings. The van der Waals surface area contributed by atoms with E-state index in [2.05, 4.69) is 17.6 Å². The summed E-state index contributed by atoms with van der Waals surface area (Å²) >= 11 is 1.33. The van der Waals surface area contributed by atoms with Crippen LogP contribution in [0.4, 0.5) is 5.69 Å². The highest BCUT2D eigenvalue weighted by Gasteiger charge is 2.27. The van der Waals surface area contributed by atoms with Crippen molar-refractivity contribution < 1.29 is 14.4 Å². The van der Waals surface area contributed by atoms with Crippen LogP contribution in [0.3, 0.4) is 0 Å². The molecule has 2 rings (SSSR count). The zero-order chi connectivity index (χ0) is 21.1. The van der Waals surface area contributed by atoms with Gasteiger partial charge in [-0.25, -0.2) is 0 Å². The van der Waals surface area contributed by atoms with Gasteiger partial charge in [0.1, 0.15) is 0 Å². The molecule has 160 valence electrons. The fourth-order valence-electron chi connectivity index (χ4n) is 3.36. The van der Waals surface area contributed by atoms with Crippen molar-refractivity contribution in [3.63, 3.8) is 0 Å². The van der Waals surface area contributed by atoms with E-state index in [-0.39, 0.29) is 35.1 Å². The molecule has 1 aromatic rings. The van der Waals surface area contributed by atoms with Crippen molar-refractivity contribution in [2.45, 2.75) is 46.0 Å². The quantitative estimate of drug-likeness (QED) is 0.571. The van der Waals surface area contributed by atoms with Gasteiger partial charge in [0.25, 0.3) is 0 Å². The van der Waals surface area contributed by atoms with Crippen LogP contribution in [-0.2, 0) is 14.4 Å². The molecule has 0 bridgehead atoms. The van der Waals surface area contributed by atoms with E-state index in [0.717, 1.165) is 37.1 Å². The first-order valence-electron chi connectivity index (χ1n) is 10.5. The fraction of sp³-hybridized carbons (Fsp3) is 0.591. The second-order valence-corrected chi connectivity index (χ2v) is 8.55. The Morgan fingerprint density at radius 1 is 1.14 bits per heavy atom. The van der Waals surface area contributed by atoms with E-state index in [9.17, 15) is 14.4 Å². The lowest BCUT2D eigenvalue weighted by molar-refractivity contribution is -0.133. The van der Waals surface area contributed by atoms with Gasteiger partial charge in [-0.2, -0.15) is 0 Å². The number of amides is 3. The van der Waals surface area contributed by atoms with E-state index in [1.807, 2.05) is 36.1 Å². The molecule has 1 aromatic carbocycles. The molecule has 1 aliphatic rings. The number of nitrogens with one attached hydrogen (secondary N) is 2. The molecular weight excluding hydrogens is 386 g/mol. The molecule has 1 aliphatic heterocycles. The van der Waals surface area contributed by atoms with Gasteiger partial charge < -0.3 is 15.5 Å². The number of carbonyl (C=O) groups excluding carboxylic acids is 3. The molecule has 6 nitrogen and oxygen atoms in total. The summed E-state index contributed by atoms with van der Waals surface area (Å²) in [4.78, 5) is 38.4. The number of hydrogen-bond donors (Lipinski definition) is 2. The smallest absolute Gasteiger partial charge is 0.234 e. The number of unbranched alkanes of at least 4 members (excludes halogenated alkanes) is 2. The Balaban J connectivity index is 1.61. The Kier molecular flexibility index (Phi) is 10.0. The van der Waals surface area contributed by atoms with Crippen molar-refractivity contribution in [3.8, 4) is 0 Å². The van der Waals surface area contributed by atoms with E-state index in [1.165, 1.54) is 11.8 Å². The van der Waals surface area contributed by atoms with E-state index < -0.39 is 0 Å². The van der Waals surface area contributed by atoms with E-state index in [0.29, 0.717) is 25.9 Å². The Labute approximate surface area is 178 Å². The van der Waals surface area contributed by atoms with Crippen LogP contribution in [0.1, 0.15) is 44.6 Å². The van der Waals surface area contributed by atoms with Gasteiger partial charge in [-0.1, -0.05) is 31.9 Å². The third-order valence-electron chi connectivity index (χ3n) is 5.06. The number of anilines is 1. The molecule has 1 heterocycles. The van der Waals surface area contributed by atoms with Gasteiger partial charge in [-0.05, 0) is 43.9 Å². The number of aryl methyl sites for hydroxylation is 1. The molecule has 0 aliphatic carbocycles. The predicted molar refractivity (Wildman–Crippen MR) is 119 cm³/mol. The maximum Gasteiger partial charge on any atom is 0.234 e. The molecular formula is C22H33N3O3S. The van der Waals surface area contributed by atoms with E-state index >= 15 is 0 Å². The summed E-state index contributed by atoms with van der Waals surface area (Å²) in [5, 5.41) is 5.86. The third kappa shape index (κ3) is 8.48. The number of nitrogens with zero attached hydrogens (tertiary/aromatic N) is 1. The van der Waals surface area contributed by atoms with Crippen LogP contribution in [0, 0.1) is 12.8 Å².